The van der Waals surface area contributed by atoms with Gasteiger partial charge in [-0.05, 0) is 23.3 Å². The van der Waals surface area contributed by atoms with Crippen LogP contribution in [-0.4, -0.2) is 19.4 Å². The molecular formula is C15H12O4. The molecule has 0 aliphatic carbocycles. The second-order valence-electron chi connectivity index (χ2n) is 4.12. The number of ether oxygens (including phenoxy) is 3. The molecule has 2 aromatic rings. The monoisotopic (exact) mass is 256 g/mol. The zero-order valence-electron chi connectivity index (χ0n) is 10.3. The third-order valence-electron chi connectivity index (χ3n) is 2.91. The molecule has 19 heavy (non-hydrogen) atoms. The summed E-state index contributed by atoms with van der Waals surface area (Å²) in [4.78, 5) is 11.4. The first-order valence-corrected chi connectivity index (χ1v) is 5.88. The Morgan fingerprint density at radius 3 is 2.47 bits per heavy atom. The summed E-state index contributed by atoms with van der Waals surface area (Å²) in [5.74, 6) is 0.560. The van der Waals surface area contributed by atoms with Crippen molar-refractivity contribution in [2.24, 2.45) is 0 Å². The highest BCUT2D eigenvalue weighted by Gasteiger charge is 2.31. The molecule has 0 saturated carbocycles. The van der Waals surface area contributed by atoms with Crippen molar-refractivity contribution in [1.29, 1.82) is 0 Å². The van der Waals surface area contributed by atoms with Gasteiger partial charge in [0, 0.05) is 0 Å². The Balaban J connectivity index is 1.90. The molecule has 0 aromatic heterocycles. The van der Waals surface area contributed by atoms with Gasteiger partial charge in [0.15, 0.2) is 11.5 Å². The van der Waals surface area contributed by atoms with Crippen LogP contribution in [0.15, 0.2) is 48.5 Å². The maximum absolute atomic E-state index is 11.4. The van der Waals surface area contributed by atoms with E-state index in [1.807, 2.05) is 42.5 Å². The summed E-state index contributed by atoms with van der Waals surface area (Å²) in [5, 5.41) is 0. The van der Waals surface area contributed by atoms with Crippen molar-refractivity contribution in [2.75, 3.05) is 7.11 Å². The van der Waals surface area contributed by atoms with E-state index in [4.69, 9.17) is 9.47 Å². The zero-order chi connectivity index (χ0) is 13.2. The van der Waals surface area contributed by atoms with Crippen LogP contribution in [0.2, 0.25) is 0 Å². The Morgan fingerprint density at radius 1 is 1.00 bits per heavy atom. The maximum Gasteiger partial charge on any atom is 0.389 e. The molecule has 0 N–H and O–H groups in total. The lowest BCUT2D eigenvalue weighted by atomic mass is 10.1. The van der Waals surface area contributed by atoms with Crippen LogP contribution in [0.1, 0.15) is 0 Å². The molecule has 0 saturated heterocycles. The first kappa shape index (κ1) is 11.6. The molecule has 4 heteroatoms. The lowest BCUT2D eigenvalue weighted by Gasteiger charge is -2.06. The van der Waals surface area contributed by atoms with Gasteiger partial charge in [0.2, 0.25) is 0 Å². The Labute approximate surface area is 110 Å². The number of rotatable bonds is 2. The standard InChI is InChI=1S/C15H12O4/c1-17-14(16)15-18-12-8-7-11(9-13(12)19-15)10-5-3-2-4-6-10/h2-9,15H,1H3/t15-/m1/s1. The largest absolute Gasteiger partial charge is 0.463 e. The van der Waals surface area contributed by atoms with Crippen molar-refractivity contribution in [3.05, 3.63) is 48.5 Å². The number of fused-ring (bicyclic) bond motifs is 1. The molecule has 1 aliphatic rings. The molecule has 0 bridgehead atoms. The summed E-state index contributed by atoms with van der Waals surface area (Å²) in [6, 6.07) is 15.5. The Hall–Kier alpha value is -2.49. The molecule has 0 spiro atoms. The minimum absolute atomic E-state index is 0.544. The van der Waals surface area contributed by atoms with Gasteiger partial charge < -0.3 is 14.2 Å². The van der Waals surface area contributed by atoms with Crippen LogP contribution < -0.4 is 9.47 Å². The van der Waals surface area contributed by atoms with Gasteiger partial charge in [0.25, 0.3) is 0 Å². The molecule has 1 aliphatic heterocycles. The van der Waals surface area contributed by atoms with Gasteiger partial charge in [-0.2, -0.15) is 0 Å². The molecule has 4 nitrogen and oxygen atoms in total. The van der Waals surface area contributed by atoms with Gasteiger partial charge in [-0.3, -0.25) is 0 Å². The molecule has 0 unspecified atom stereocenters. The van der Waals surface area contributed by atoms with Crippen molar-refractivity contribution in [3.63, 3.8) is 0 Å². The van der Waals surface area contributed by atoms with E-state index in [0.717, 1.165) is 11.1 Å². The highest BCUT2D eigenvalue weighted by atomic mass is 16.7. The predicted octanol–water partition coefficient (Wildman–Crippen LogP) is 2.62. The minimum atomic E-state index is -1.01. The summed E-state index contributed by atoms with van der Waals surface area (Å²) < 4.78 is 15.4. The van der Waals surface area contributed by atoms with E-state index in [1.165, 1.54) is 7.11 Å². The van der Waals surface area contributed by atoms with Gasteiger partial charge in [0.1, 0.15) is 0 Å². The lowest BCUT2D eigenvalue weighted by Crippen LogP contribution is -2.30. The number of esters is 1. The van der Waals surface area contributed by atoms with Crippen LogP contribution >= 0.6 is 0 Å². The molecule has 96 valence electrons. The van der Waals surface area contributed by atoms with Crippen molar-refractivity contribution >= 4 is 5.97 Å². The minimum Gasteiger partial charge on any atom is -0.463 e. The number of carbonyl (C=O) groups excluding carboxylic acids is 1. The fraction of sp³-hybridized carbons (Fsp3) is 0.133. The normalized spacial score (nSPS) is 16.2. The topological polar surface area (TPSA) is 44.8 Å². The second kappa shape index (κ2) is 4.65. The van der Waals surface area contributed by atoms with Crippen molar-refractivity contribution in [3.8, 4) is 22.6 Å². The summed E-state index contributed by atoms with van der Waals surface area (Å²) >= 11 is 0. The van der Waals surface area contributed by atoms with Crippen LogP contribution in [-0.2, 0) is 9.53 Å². The number of hydrogen-bond donors (Lipinski definition) is 0. The van der Waals surface area contributed by atoms with Gasteiger partial charge >= 0.3 is 12.3 Å². The number of benzene rings is 2. The molecule has 1 heterocycles. The molecular weight excluding hydrogens is 244 g/mol. The highest BCUT2D eigenvalue weighted by molar-refractivity contribution is 5.76. The summed E-state index contributed by atoms with van der Waals surface area (Å²) in [6.07, 6.45) is -1.01. The second-order valence-corrected chi connectivity index (χ2v) is 4.12. The van der Waals surface area contributed by atoms with Crippen LogP contribution in [0.4, 0.5) is 0 Å². The molecule has 0 fully saturated rings. The molecule has 0 amide bonds. The first-order valence-electron chi connectivity index (χ1n) is 5.88. The van der Waals surface area contributed by atoms with E-state index in [0.29, 0.717) is 11.5 Å². The van der Waals surface area contributed by atoms with E-state index in [-0.39, 0.29) is 0 Å². The fourth-order valence-electron chi connectivity index (χ4n) is 1.95. The van der Waals surface area contributed by atoms with Gasteiger partial charge in [-0.15, -0.1) is 0 Å². The molecule has 0 radical (unpaired) electrons. The van der Waals surface area contributed by atoms with E-state index in [2.05, 4.69) is 4.74 Å². The smallest absolute Gasteiger partial charge is 0.389 e. The molecule has 3 rings (SSSR count). The fourth-order valence-corrected chi connectivity index (χ4v) is 1.95. The average Bonchev–Trinajstić information content (AvgIpc) is 2.90. The number of carbonyl (C=O) groups is 1. The predicted molar refractivity (Wildman–Crippen MR) is 68.9 cm³/mol. The average molecular weight is 256 g/mol. The van der Waals surface area contributed by atoms with Gasteiger partial charge in [-0.1, -0.05) is 36.4 Å². The Kier molecular flexibility index (Phi) is 2.83. The number of methoxy groups -OCH3 is 1. The van der Waals surface area contributed by atoms with Crippen LogP contribution in [0.25, 0.3) is 11.1 Å². The third-order valence-corrected chi connectivity index (χ3v) is 2.91. The first-order chi connectivity index (χ1) is 9.28. The maximum atomic E-state index is 11.4. The van der Waals surface area contributed by atoms with Crippen LogP contribution in [0, 0.1) is 0 Å². The van der Waals surface area contributed by atoms with E-state index in [1.54, 1.807) is 6.07 Å². The van der Waals surface area contributed by atoms with Crippen LogP contribution in [0.5, 0.6) is 11.5 Å². The molecule has 1 atom stereocenters. The Morgan fingerprint density at radius 2 is 1.74 bits per heavy atom. The quantitative estimate of drug-likeness (QED) is 0.775. The summed E-state index contributed by atoms with van der Waals surface area (Å²) in [6.45, 7) is 0. The van der Waals surface area contributed by atoms with E-state index >= 15 is 0 Å². The van der Waals surface area contributed by atoms with Crippen LogP contribution in [0.3, 0.4) is 0 Å². The summed E-state index contributed by atoms with van der Waals surface area (Å²) in [7, 11) is 1.30. The van der Waals surface area contributed by atoms with E-state index in [9.17, 15) is 4.79 Å². The lowest BCUT2D eigenvalue weighted by molar-refractivity contribution is -0.158. The van der Waals surface area contributed by atoms with Crippen molar-refractivity contribution in [1.82, 2.24) is 0 Å². The van der Waals surface area contributed by atoms with Gasteiger partial charge in [-0.25, -0.2) is 4.79 Å². The molecule has 2 aromatic carbocycles. The third kappa shape index (κ3) is 2.12. The van der Waals surface area contributed by atoms with Crippen molar-refractivity contribution < 1.29 is 19.0 Å². The zero-order valence-corrected chi connectivity index (χ0v) is 10.3. The number of hydrogen-bond acceptors (Lipinski definition) is 4. The highest BCUT2D eigenvalue weighted by Crippen LogP contribution is 2.38. The summed E-state index contributed by atoms with van der Waals surface area (Å²) in [5.41, 5.74) is 2.09. The van der Waals surface area contributed by atoms with Crippen molar-refractivity contribution in [2.45, 2.75) is 6.29 Å². The van der Waals surface area contributed by atoms with E-state index < -0.39 is 12.3 Å². The SMILES string of the molecule is COC(=O)[C@@H]1Oc2ccc(-c3ccccc3)cc2O1. The Bertz CT molecular complexity index is 607. The van der Waals surface area contributed by atoms with Gasteiger partial charge in [0.05, 0.1) is 7.11 Å².